The number of nitrogens with zero attached hydrogens (tertiary/aromatic N) is 5. The van der Waals surface area contributed by atoms with Crippen LogP contribution >= 0.6 is 11.6 Å². The van der Waals surface area contributed by atoms with Crippen molar-refractivity contribution < 1.29 is 41.6 Å². The van der Waals surface area contributed by atoms with E-state index >= 15 is 0 Å². The SMILES string of the molecule is Cc1nc([C@@H]2OC3C(O)CO[C@@H]3C(n3cc(-c4ccc(Cl)c(F)c4F)cn3)C2O)n(-c2cc(C3(C)CC3)ccc2C(F)(F)F)n1. The van der Waals surface area contributed by atoms with Crippen LogP contribution in [0.1, 0.15) is 54.7 Å². The molecule has 2 saturated heterocycles. The smallest absolute Gasteiger partial charge is 0.388 e. The Morgan fingerprint density at radius 3 is 2.53 bits per heavy atom. The molecule has 1 aliphatic carbocycles. The molecule has 4 unspecified atom stereocenters. The van der Waals surface area contributed by atoms with Crippen molar-refractivity contribution in [3.8, 4) is 16.8 Å². The molecular formula is C30H27ClF5N5O4. The topological polar surface area (TPSA) is 107 Å². The van der Waals surface area contributed by atoms with Crippen molar-refractivity contribution >= 4 is 11.6 Å². The average molecular weight is 652 g/mol. The van der Waals surface area contributed by atoms with Crippen LogP contribution in [0.4, 0.5) is 22.0 Å². The molecule has 7 rings (SSSR count). The van der Waals surface area contributed by atoms with E-state index in [1.54, 1.807) is 0 Å². The number of hydrogen-bond acceptors (Lipinski definition) is 7. The van der Waals surface area contributed by atoms with Crippen LogP contribution in [0.5, 0.6) is 0 Å². The van der Waals surface area contributed by atoms with Crippen molar-refractivity contribution in [1.82, 2.24) is 24.5 Å². The van der Waals surface area contributed by atoms with Crippen LogP contribution in [0.2, 0.25) is 5.02 Å². The molecule has 2 N–H and O–H groups in total. The number of halogens is 6. The first-order chi connectivity index (χ1) is 21.3. The Morgan fingerprint density at radius 1 is 1.07 bits per heavy atom. The second kappa shape index (κ2) is 10.6. The molecule has 3 fully saturated rings. The molecule has 15 heteroatoms. The van der Waals surface area contributed by atoms with E-state index < -0.39 is 65.0 Å². The van der Waals surface area contributed by atoms with E-state index in [9.17, 15) is 32.2 Å². The van der Waals surface area contributed by atoms with E-state index in [1.165, 1.54) is 48.3 Å². The number of benzene rings is 2. The lowest BCUT2D eigenvalue weighted by molar-refractivity contribution is -0.196. The van der Waals surface area contributed by atoms with Gasteiger partial charge in [-0.3, -0.25) is 4.68 Å². The number of fused-ring (bicyclic) bond motifs is 1. The quantitative estimate of drug-likeness (QED) is 0.225. The minimum absolute atomic E-state index is 0.121. The van der Waals surface area contributed by atoms with Gasteiger partial charge in [0.15, 0.2) is 17.5 Å². The number of aliphatic hydroxyl groups excluding tert-OH is 2. The van der Waals surface area contributed by atoms with Gasteiger partial charge in [0.05, 0.1) is 29.1 Å². The number of rotatable bonds is 5. The molecule has 0 radical (unpaired) electrons. The molecule has 0 bridgehead atoms. The van der Waals surface area contributed by atoms with Crippen molar-refractivity contribution in [2.24, 2.45) is 0 Å². The molecule has 45 heavy (non-hydrogen) atoms. The number of ether oxygens (including phenoxy) is 2. The van der Waals surface area contributed by atoms with Crippen LogP contribution in [0.25, 0.3) is 16.8 Å². The lowest BCUT2D eigenvalue weighted by Crippen LogP contribution is -2.52. The summed E-state index contributed by atoms with van der Waals surface area (Å²) in [5.74, 6) is -2.42. The van der Waals surface area contributed by atoms with Crippen LogP contribution in [0.3, 0.4) is 0 Å². The van der Waals surface area contributed by atoms with E-state index in [1.807, 2.05) is 6.92 Å². The zero-order valence-electron chi connectivity index (χ0n) is 23.8. The van der Waals surface area contributed by atoms with Gasteiger partial charge in [0, 0.05) is 17.3 Å². The van der Waals surface area contributed by atoms with E-state index in [0.717, 1.165) is 23.6 Å². The molecule has 6 atom stereocenters. The number of aryl methyl sites for hydroxylation is 1. The highest BCUT2D eigenvalue weighted by Gasteiger charge is 2.55. The van der Waals surface area contributed by atoms with Gasteiger partial charge >= 0.3 is 6.18 Å². The lowest BCUT2D eigenvalue weighted by Gasteiger charge is -2.41. The van der Waals surface area contributed by atoms with Crippen LogP contribution in [-0.4, -0.2) is 65.8 Å². The second-order valence-electron chi connectivity index (χ2n) is 12.0. The molecule has 4 aromatic rings. The number of aliphatic hydroxyl groups is 2. The molecule has 0 amide bonds. The largest absolute Gasteiger partial charge is 0.418 e. The van der Waals surface area contributed by atoms with Crippen molar-refractivity contribution in [3.63, 3.8) is 0 Å². The number of hydrogen-bond donors (Lipinski definition) is 2. The molecule has 4 heterocycles. The van der Waals surface area contributed by atoms with Gasteiger partial charge in [-0.1, -0.05) is 24.6 Å². The monoisotopic (exact) mass is 651 g/mol. The highest BCUT2D eigenvalue weighted by atomic mass is 35.5. The lowest BCUT2D eigenvalue weighted by atomic mass is 9.91. The summed E-state index contributed by atoms with van der Waals surface area (Å²) in [7, 11) is 0. The highest BCUT2D eigenvalue weighted by molar-refractivity contribution is 6.30. The van der Waals surface area contributed by atoms with Crippen LogP contribution in [0.15, 0.2) is 42.7 Å². The first-order valence-corrected chi connectivity index (χ1v) is 14.6. The van der Waals surface area contributed by atoms with Gasteiger partial charge in [0.25, 0.3) is 0 Å². The molecule has 2 aromatic heterocycles. The summed E-state index contributed by atoms with van der Waals surface area (Å²) < 4.78 is 86.1. The Hall–Kier alpha value is -3.43. The van der Waals surface area contributed by atoms with E-state index in [0.29, 0.717) is 5.56 Å². The maximum absolute atomic E-state index is 14.7. The first kappa shape index (κ1) is 30.2. The van der Waals surface area contributed by atoms with Crippen LogP contribution in [-0.2, 0) is 21.1 Å². The van der Waals surface area contributed by atoms with Gasteiger partial charge in [0.2, 0.25) is 0 Å². The third-order valence-electron chi connectivity index (χ3n) is 8.94. The Labute approximate surface area is 258 Å². The third kappa shape index (κ3) is 5.03. The normalized spacial score (nSPS) is 27.5. The van der Waals surface area contributed by atoms with Gasteiger partial charge < -0.3 is 19.7 Å². The Balaban J connectivity index is 1.32. The highest BCUT2D eigenvalue weighted by Crippen LogP contribution is 2.49. The molecular weight excluding hydrogens is 625 g/mol. The number of aromatic nitrogens is 5. The van der Waals surface area contributed by atoms with Gasteiger partial charge in [-0.2, -0.15) is 23.4 Å². The van der Waals surface area contributed by atoms with Crippen molar-refractivity contribution in [3.05, 3.63) is 82.2 Å². The summed E-state index contributed by atoms with van der Waals surface area (Å²) in [5.41, 5.74) is -0.745. The predicted octanol–water partition coefficient (Wildman–Crippen LogP) is 5.24. The summed E-state index contributed by atoms with van der Waals surface area (Å²) in [6.45, 7) is 3.32. The Kier molecular flexibility index (Phi) is 7.09. The zero-order valence-corrected chi connectivity index (χ0v) is 24.6. The summed E-state index contributed by atoms with van der Waals surface area (Å²) in [6, 6.07) is 5.32. The number of alkyl halides is 3. The van der Waals surface area contributed by atoms with Crippen LogP contribution in [0, 0.1) is 18.6 Å². The average Bonchev–Trinajstić information content (AvgIpc) is 3.28. The predicted molar refractivity (Wildman–Crippen MR) is 149 cm³/mol. The van der Waals surface area contributed by atoms with Crippen LogP contribution < -0.4 is 0 Å². The fraction of sp³-hybridized carbons (Fsp3) is 0.433. The summed E-state index contributed by atoms with van der Waals surface area (Å²) in [6.07, 6.45) is -6.53. The molecule has 238 valence electrons. The summed E-state index contributed by atoms with van der Waals surface area (Å²) >= 11 is 5.70. The zero-order chi connectivity index (χ0) is 32.0. The second-order valence-corrected chi connectivity index (χ2v) is 12.4. The maximum Gasteiger partial charge on any atom is 0.418 e. The third-order valence-corrected chi connectivity index (χ3v) is 9.23. The molecule has 2 aliphatic heterocycles. The van der Waals surface area contributed by atoms with Gasteiger partial charge in [0.1, 0.15) is 42.4 Å². The first-order valence-electron chi connectivity index (χ1n) is 14.2. The summed E-state index contributed by atoms with van der Waals surface area (Å²) in [4.78, 5) is 4.39. The molecule has 0 spiro atoms. The van der Waals surface area contributed by atoms with E-state index in [4.69, 9.17) is 21.1 Å². The molecule has 2 aromatic carbocycles. The standard InChI is InChI=1S/C30H27ClF5N5O4/c1-13-38-28(41(39-13)19-9-15(29(2)7-8-29)3-5-17(19)30(34,35)36)27-24(43)23(26-25(45-27)20(42)12-44-26)40-11-14(10-37-40)16-4-6-18(31)22(33)21(16)32/h3-6,9-11,20,23-27,42-43H,7-8,12H2,1-2H3/t20?,23?,24?,25?,26-,27-/m1/s1. The van der Waals surface area contributed by atoms with Gasteiger partial charge in [-0.15, -0.1) is 0 Å². The maximum atomic E-state index is 14.7. The van der Waals surface area contributed by atoms with Crippen molar-refractivity contribution in [2.75, 3.05) is 6.61 Å². The van der Waals surface area contributed by atoms with E-state index in [2.05, 4.69) is 15.2 Å². The van der Waals surface area contributed by atoms with Crippen molar-refractivity contribution in [1.29, 1.82) is 0 Å². The fourth-order valence-corrected chi connectivity index (χ4v) is 6.35. The minimum atomic E-state index is -4.73. The van der Waals surface area contributed by atoms with Crippen molar-refractivity contribution in [2.45, 2.75) is 74.8 Å². The molecule has 9 nitrogen and oxygen atoms in total. The summed E-state index contributed by atoms with van der Waals surface area (Å²) in [5, 5.41) is 30.7. The minimum Gasteiger partial charge on any atom is -0.388 e. The van der Waals surface area contributed by atoms with Gasteiger partial charge in [-0.25, -0.2) is 18.4 Å². The van der Waals surface area contributed by atoms with E-state index in [-0.39, 0.29) is 40.5 Å². The fourth-order valence-electron chi connectivity index (χ4n) is 6.20. The molecule has 1 saturated carbocycles. The Morgan fingerprint density at radius 2 is 1.82 bits per heavy atom. The van der Waals surface area contributed by atoms with Gasteiger partial charge in [-0.05, 0) is 55.0 Å². The molecule has 3 aliphatic rings. The Bertz CT molecular complexity index is 1790.